The normalized spacial score (nSPS) is 13.7. The molecule has 1 atom stereocenters. The minimum absolute atomic E-state index is 0.284. The summed E-state index contributed by atoms with van der Waals surface area (Å²) >= 11 is 3.40. The number of pyridine rings is 1. The molecule has 0 radical (unpaired) electrons. The molecule has 20 heavy (non-hydrogen) atoms. The molecule has 0 aliphatic carbocycles. The van der Waals surface area contributed by atoms with Crippen LogP contribution in [-0.4, -0.2) is 23.1 Å². The Morgan fingerprint density at radius 2 is 2.25 bits per heavy atom. The van der Waals surface area contributed by atoms with E-state index in [-0.39, 0.29) is 18.1 Å². The van der Waals surface area contributed by atoms with Crippen molar-refractivity contribution in [1.29, 1.82) is 0 Å². The fraction of sp³-hybridized carbons (Fsp3) is 0.571. The number of aromatic nitrogens is 1. The van der Waals surface area contributed by atoms with E-state index in [9.17, 15) is 4.79 Å². The summed E-state index contributed by atoms with van der Waals surface area (Å²) in [6.45, 7) is 7.67. The second kappa shape index (κ2) is 6.92. The largest absolute Gasteiger partial charge is 0.463 e. The van der Waals surface area contributed by atoms with Gasteiger partial charge in [0.25, 0.3) is 0 Å². The van der Waals surface area contributed by atoms with E-state index >= 15 is 0 Å². The fourth-order valence-corrected chi connectivity index (χ4v) is 2.30. The van der Waals surface area contributed by atoms with Crippen molar-refractivity contribution in [3.8, 4) is 0 Å². The van der Waals surface area contributed by atoms with E-state index in [2.05, 4.69) is 33.2 Å². The molecular formula is C14H22BrN3O2. The van der Waals surface area contributed by atoms with Gasteiger partial charge in [-0.15, -0.1) is 0 Å². The number of nitrogens with one attached hydrogen (secondary N) is 1. The summed E-state index contributed by atoms with van der Waals surface area (Å²) in [6, 6.07) is 1.82. The number of nitrogens with zero attached hydrogens (tertiary/aromatic N) is 1. The molecule has 1 aromatic rings. The lowest BCUT2D eigenvalue weighted by atomic mass is 9.97. The molecule has 0 bridgehead atoms. The number of hydrogen-bond donors (Lipinski definition) is 2. The summed E-state index contributed by atoms with van der Waals surface area (Å²) in [7, 11) is 0. The fourth-order valence-electron chi connectivity index (χ4n) is 1.96. The van der Waals surface area contributed by atoms with Crippen LogP contribution in [0, 0.1) is 6.92 Å². The Hall–Kier alpha value is -1.30. The molecule has 1 heterocycles. The number of nitrogen functional groups attached to an aromatic ring is 1. The van der Waals surface area contributed by atoms with Gasteiger partial charge in [-0.25, -0.2) is 4.98 Å². The second-order valence-corrected chi connectivity index (χ2v) is 6.06. The van der Waals surface area contributed by atoms with E-state index in [1.807, 2.05) is 19.9 Å². The minimum Gasteiger partial charge on any atom is -0.463 e. The second-order valence-electron chi connectivity index (χ2n) is 5.21. The Morgan fingerprint density at radius 3 is 2.80 bits per heavy atom. The predicted molar refractivity (Wildman–Crippen MR) is 84.7 cm³/mol. The Morgan fingerprint density at radius 1 is 1.60 bits per heavy atom. The van der Waals surface area contributed by atoms with Gasteiger partial charge < -0.3 is 15.8 Å². The van der Waals surface area contributed by atoms with Crippen molar-refractivity contribution in [3.05, 3.63) is 16.2 Å². The first-order chi connectivity index (χ1) is 9.27. The first-order valence-corrected chi connectivity index (χ1v) is 7.41. The van der Waals surface area contributed by atoms with E-state index in [1.54, 1.807) is 0 Å². The van der Waals surface area contributed by atoms with Gasteiger partial charge >= 0.3 is 5.97 Å². The SMILES string of the molecule is CCCC(C)(COC(C)=O)Nc1nc(C)c(Br)cc1N. The van der Waals surface area contributed by atoms with Crippen molar-refractivity contribution >= 4 is 33.4 Å². The molecule has 0 aliphatic heterocycles. The summed E-state index contributed by atoms with van der Waals surface area (Å²) in [6.07, 6.45) is 1.80. The average molecular weight is 344 g/mol. The van der Waals surface area contributed by atoms with Crippen molar-refractivity contribution in [1.82, 2.24) is 4.98 Å². The van der Waals surface area contributed by atoms with Gasteiger partial charge in [-0.05, 0) is 42.3 Å². The maximum absolute atomic E-state index is 11.0. The first kappa shape index (κ1) is 16.8. The third kappa shape index (κ3) is 4.67. The summed E-state index contributed by atoms with van der Waals surface area (Å²) in [5.41, 5.74) is 7.02. The number of esters is 1. The van der Waals surface area contributed by atoms with Gasteiger partial charge in [-0.1, -0.05) is 13.3 Å². The van der Waals surface area contributed by atoms with Crippen LogP contribution in [0.25, 0.3) is 0 Å². The summed E-state index contributed by atoms with van der Waals surface area (Å²) in [5.74, 6) is 0.329. The molecule has 0 fully saturated rings. The molecule has 0 spiro atoms. The van der Waals surface area contributed by atoms with Gasteiger partial charge in [0.05, 0.1) is 16.9 Å². The number of halogens is 1. The Balaban J connectivity index is 2.94. The molecule has 112 valence electrons. The number of carbonyl (C=O) groups is 1. The number of rotatable bonds is 6. The molecule has 0 aliphatic rings. The lowest BCUT2D eigenvalue weighted by Crippen LogP contribution is -2.41. The van der Waals surface area contributed by atoms with Crippen molar-refractivity contribution in [3.63, 3.8) is 0 Å². The smallest absolute Gasteiger partial charge is 0.302 e. The van der Waals surface area contributed by atoms with Crippen molar-refractivity contribution in [2.75, 3.05) is 17.7 Å². The van der Waals surface area contributed by atoms with Gasteiger partial charge in [0.15, 0.2) is 0 Å². The molecule has 0 saturated carbocycles. The van der Waals surface area contributed by atoms with Crippen LogP contribution in [0.2, 0.25) is 0 Å². The molecule has 5 nitrogen and oxygen atoms in total. The van der Waals surface area contributed by atoms with Crippen LogP contribution in [-0.2, 0) is 9.53 Å². The molecule has 1 unspecified atom stereocenters. The number of hydrogen-bond acceptors (Lipinski definition) is 5. The maximum Gasteiger partial charge on any atom is 0.302 e. The zero-order valence-electron chi connectivity index (χ0n) is 12.4. The third-order valence-electron chi connectivity index (χ3n) is 3.00. The molecular weight excluding hydrogens is 322 g/mol. The number of ether oxygens (including phenoxy) is 1. The van der Waals surface area contributed by atoms with Crippen LogP contribution in [0.3, 0.4) is 0 Å². The minimum atomic E-state index is -0.387. The van der Waals surface area contributed by atoms with Gasteiger partial charge in [0.2, 0.25) is 0 Å². The average Bonchev–Trinajstić information content (AvgIpc) is 2.34. The molecule has 0 saturated heterocycles. The van der Waals surface area contributed by atoms with Gasteiger partial charge in [0, 0.05) is 11.4 Å². The van der Waals surface area contributed by atoms with Crippen LogP contribution in [0.1, 0.15) is 39.3 Å². The van der Waals surface area contributed by atoms with Crippen molar-refractivity contribution in [2.45, 2.75) is 46.1 Å². The third-order valence-corrected chi connectivity index (χ3v) is 3.80. The maximum atomic E-state index is 11.0. The van der Waals surface area contributed by atoms with Crippen LogP contribution in [0.15, 0.2) is 10.5 Å². The van der Waals surface area contributed by atoms with E-state index in [0.717, 1.165) is 23.0 Å². The van der Waals surface area contributed by atoms with Gasteiger partial charge in [-0.3, -0.25) is 4.79 Å². The van der Waals surface area contributed by atoms with E-state index in [1.165, 1.54) is 6.92 Å². The summed E-state index contributed by atoms with van der Waals surface area (Å²) in [4.78, 5) is 15.5. The zero-order valence-corrected chi connectivity index (χ0v) is 14.0. The van der Waals surface area contributed by atoms with Gasteiger partial charge in [-0.2, -0.15) is 0 Å². The molecule has 0 amide bonds. The Labute approximate surface area is 128 Å². The number of anilines is 2. The highest BCUT2D eigenvalue weighted by Gasteiger charge is 2.26. The summed E-state index contributed by atoms with van der Waals surface area (Å²) < 4.78 is 6.02. The van der Waals surface area contributed by atoms with E-state index in [0.29, 0.717) is 11.5 Å². The summed E-state index contributed by atoms with van der Waals surface area (Å²) in [5, 5.41) is 3.31. The Bertz CT molecular complexity index is 494. The first-order valence-electron chi connectivity index (χ1n) is 6.61. The molecule has 3 N–H and O–H groups in total. The zero-order chi connectivity index (χ0) is 15.3. The quantitative estimate of drug-likeness (QED) is 0.775. The van der Waals surface area contributed by atoms with Crippen LogP contribution >= 0.6 is 15.9 Å². The highest BCUT2D eigenvalue weighted by Crippen LogP contribution is 2.27. The Kier molecular flexibility index (Phi) is 5.80. The van der Waals surface area contributed by atoms with E-state index in [4.69, 9.17) is 10.5 Å². The number of aryl methyl sites for hydroxylation is 1. The molecule has 6 heteroatoms. The van der Waals surface area contributed by atoms with Gasteiger partial charge in [0.1, 0.15) is 12.4 Å². The number of nitrogens with two attached hydrogens (primary N) is 1. The monoisotopic (exact) mass is 343 g/mol. The van der Waals surface area contributed by atoms with Crippen LogP contribution in [0.5, 0.6) is 0 Å². The predicted octanol–water partition coefficient (Wildman–Crippen LogP) is 3.27. The molecule has 1 rings (SSSR count). The topological polar surface area (TPSA) is 77.2 Å². The van der Waals surface area contributed by atoms with Crippen molar-refractivity contribution in [2.24, 2.45) is 0 Å². The number of carbonyl (C=O) groups excluding carboxylic acids is 1. The highest BCUT2D eigenvalue weighted by atomic mass is 79.9. The van der Waals surface area contributed by atoms with E-state index < -0.39 is 0 Å². The standard InChI is InChI=1S/C14H22BrN3O2/c1-5-6-14(4,8-20-10(3)19)18-13-12(16)7-11(15)9(2)17-13/h7H,5-6,8,16H2,1-4H3,(H,17,18). The van der Waals surface area contributed by atoms with Crippen molar-refractivity contribution < 1.29 is 9.53 Å². The molecule has 1 aromatic heterocycles. The van der Waals surface area contributed by atoms with Crippen LogP contribution in [0.4, 0.5) is 11.5 Å². The molecule has 0 aromatic carbocycles. The lowest BCUT2D eigenvalue weighted by Gasteiger charge is -2.31. The highest BCUT2D eigenvalue weighted by molar-refractivity contribution is 9.10. The van der Waals surface area contributed by atoms with Crippen LogP contribution < -0.4 is 11.1 Å². The lowest BCUT2D eigenvalue weighted by molar-refractivity contribution is -0.142.